The number of halogens is 1. The summed E-state index contributed by atoms with van der Waals surface area (Å²) in [6, 6.07) is 4.29. The summed E-state index contributed by atoms with van der Waals surface area (Å²) in [7, 11) is 2.08. The summed E-state index contributed by atoms with van der Waals surface area (Å²) < 4.78 is 0. The molecular weight excluding hydrogens is 260 g/mol. The molecule has 0 atom stereocenters. The molecule has 0 aromatic carbocycles. The van der Waals surface area contributed by atoms with E-state index in [0.717, 1.165) is 5.82 Å². The van der Waals surface area contributed by atoms with E-state index in [2.05, 4.69) is 30.8 Å². The van der Waals surface area contributed by atoms with E-state index in [4.69, 9.17) is 11.6 Å². The van der Waals surface area contributed by atoms with Gasteiger partial charge in [0, 0.05) is 13.1 Å². The molecule has 1 heterocycles. The Morgan fingerprint density at radius 3 is 2.58 bits per heavy atom. The Labute approximate surface area is 120 Å². The summed E-state index contributed by atoms with van der Waals surface area (Å²) in [5.74, 6) is 0.901. The number of hydrogen-bond acceptors (Lipinski definition) is 3. The Hall–Kier alpha value is -0.800. The monoisotopic (exact) mass is 282 g/mol. The molecule has 1 N–H and O–H groups in total. The maximum absolute atomic E-state index is 9.24. The number of aromatic nitrogens is 1. The molecule has 3 nitrogen and oxygen atoms in total. The first-order chi connectivity index (χ1) is 8.93. The Kier molecular flexibility index (Phi) is 4.36. The molecule has 4 heteroatoms. The summed E-state index contributed by atoms with van der Waals surface area (Å²) in [4.78, 5) is 6.67. The van der Waals surface area contributed by atoms with Gasteiger partial charge in [-0.1, -0.05) is 25.4 Å². The summed E-state index contributed by atoms with van der Waals surface area (Å²) in [6.07, 6.45) is 4.90. The number of nitrogens with zero attached hydrogens (tertiary/aromatic N) is 2. The second-order valence-electron chi connectivity index (χ2n) is 6.26. The lowest BCUT2D eigenvalue weighted by Gasteiger charge is -2.39. The molecule has 0 amide bonds. The third-order valence-electron chi connectivity index (χ3n) is 4.27. The molecule has 1 fully saturated rings. The fourth-order valence-electron chi connectivity index (χ4n) is 2.74. The van der Waals surface area contributed by atoms with Crippen molar-refractivity contribution in [3.8, 4) is 0 Å². The van der Waals surface area contributed by atoms with Crippen LogP contribution in [0.4, 0.5) is 5.82 Å². The van der Waals surface area contributed by atoms with Crippen LogP contribution in [0.15, 0.2) is 12.1 Å². The van der Waals surface area contributed by atoms with Crippen molar-refractivity contribution in [1.82, 2.24) is 4.98 Å². The van der Waals surface area contributed by atoms with Crippen LogP contribution in [0, 0.1) is 5.41 Å². The Morgan fingerprint density at radius 1 is 1.37 bits per heavy atom. The van der Waals surface area contributed by atoms with E-state index in [-0.39, 0.29) is 6.61 Å². The van der Waals surface area contributed by atoms with Crippen LogP contribution in [0.3, 0.4) is 0 Å². The van der Waals surface area contributed by atoms with E-state index >= 15 is 0 Å². The van der Waals surface area contributed by atoms with Crippen molar-refractivity contribution in [2.24, 2.45) is 5.41 Å². The Balaban J connectivity index is 2.10. The zero-order valence-corrected chi connectivity index (χ0v) is 12.7. The smallest absolute Gasteiger partial charge is 0.129 e. The fourth-order valence-corrected chi connectivity index (χ4v) is 2.90. The summed E-state index contributed by atoms with van der Waals surface area (Å²) >= 11 is 5.98. The van der Waals surface area contributed by atoms with Gasteiger partial charge in [-0.25, -0.2) is 4.98 Å². The third-order valence-corrected chi connectivity index (χ3v) is 4.62. The van der Waals surface area contributed by atoms with Crippen molar-refractivity contribution in [2.45, 2.75) is 52.2 Å². The summed E-state index contributed by atoms with van der Waals surface area (Å²) in [6.45, 7) is 4.57. The number of aliphatic hydroxyl groups excluding tert-OH is 1. The molecule has 0 saturated heterocycles. The van der Waals surface area contributed by atoms with Crippen LogP contribution in [-0.2, 0) is 6.61 Å². The summed E-state index contributed by atoms with van der Waals surface area (Å²) in [5, 5.41) is 9.77. The van der Waals surface area contributed by atoms with Gasteiger partial charge in [-0.15, -0.1) is 0 Å². The maximum atomic E-state index is 9.24. The average molecular weight is 283 g/mol. The molecule has 1 aliphatic rings. The van der Waals surface area contributed by atoms with E-state index in [9.17, 15) is 5.11 Å². The zero-order valence-electron chi connectivity index (χ0n) is 12.0. The van der Waals surface area contributed by atoms with Gasteiger partial charge in [-0.3, -0.25) is 0 Å². The third kappa shape index (κ3) is 3.40. The highest BCUT2D eigenvalue weighted by atomic mass is 35.5. The van der Waals surface area contributed by atoms with Crippen LogP contribution in [0.5, 0.6) is 0 Å². The number of hydrogen-bond donors (Lipinski definition) is 1. The van der Waals surface area contributed by atoms with E-state index in [1.54, 1.807) is 0 Å². The van der Waals surface area contributed by atoms with Gasteiger partial charge in [-0.05, 0) is 43.2 Å². The molecule has 2 rings (SSSR count). The van der Waals surface area contributed by atoms with Gasteiger partial charge in [0.2, 0.25) is 0 Å². The molecule has 0 radical (unpaired) electrons. The van der Waals surface area contributed by atoms with Gasteiger partial charge in [0.25, 0.3) is 0 Å². The van der Waals surface area contributed by atoms with Crippen molar-refractivity contribution in [1.29, 1.82) is 0 Å². The van der Waals surface area contributed by atoms with Crippen LogP contribution in [0.2, 0.25) is 5.02 Å². The number of pyridine rings is 1. The van der Waals surface area contributed by atoms with E-state index in [1.165, 1.54) is 25.7 Å². The molecule has 1 aliphatic carbocycles. The molecule has 0 bridgehead atoms. The molecule has 19 heavy (non-hydrogen) atoms. The second kappa shape index (κ2) is 5.68. The van der Waals surface area contributed by atoms with Gasteiger partial charge in [0.1, 0.15) is 5.82 Å². The molecule has 0 spiro atoms. The van der Waals surface area contributed by atoms with Crippen LogP contribution in [0.1, 0.15) is 45.2 Å². The van der Waals surface area contributed by atoms with Crippen molar-refractivity contribution >= 4 is 17.4 Å². The highest BCUT2D eigenvalue weighted by molar-refractivity contribution is 6.31. The van der Waals surface area contributed by atoms with Gasteiger partial charge < -0.3 is 10.0 Å². The molecule has 1 saturated carbocycles. The maximum Gasteiger partial charge on any atom is 0.129 e. The average Bonchev–Trinajstić information content (AvgIpc) is 2.38. The Bertz CT molecular complexity index is 438. The van der Waals surface area contributed by atoms with Crippen LogP contribution < -0.4 is 4.90 Å². The van der Waals surface area contributed by atoms with Crippen LogP contribution in [0.25, 0.3) is 0 Å². The highest BCUT2D eigenvalue weighted by Gasteiger charge is 2.29. The standard InChI is InChI=1S/C15H23ClN2O/c1-15(2)8-6-11(7-9-15)18(3)14-5-4-12(16)13(10-19)17-14/h4-5,11,19H,6-10H2,1-3H3. The number of anilines is 1. The molecule has 0 aliphatic heterocycles. The molecule has 0 unspecified atom stereocenters. The quantitative estimate of drug-likeness (QED) is 0.920. The van der Waals surface area contributed by atoms with Gasteiger partial charge >= 0.3 is 0 Å². The lowest BCUT2D eigenvalue weighted by molar-refractivity contribution is 0.222. The van der Waals surface area contributed by atoms with Crippen LogP contribution in [-0.4, -0.2) is 23.2 Å². The molecular formula is C15H23ClN2O. The fraction of sp³-hybridized carbons (Fsp3) is 0.667. The number of aliphatic hydroxyl groups is 1. The highest BCUT2D eigenvalue weighted by Crippen LogP contribution is 2.37. The lowest BCUT2D eigenvalue weighted by Crippen LogP contribution is -2.37. The van der Waals surface area contributed by atoms with Gasteiger partial charge in [-0.2, -0.15) is 0 Å². The molecule has 106 valence electrons. The predicted octanol–water partition coefficient (Wildman–Crippen LogP) is 3.63. The lowest BCUT2D eigenvalue weighted by atomic mass is 9.75. The first-order valence-corrected chi connectivity index (χ1v) is 7.30. The minimum Gasteiger partial charge on any atom is -0.390 e. The second-order valence-corrected chi connectivity index (χ2v) is 6.67. The van der Waals surface area contributed by atoms with Gasteiger partial charge in [0.05, 0.1) is 17.3 Å². The zero-order chi connectivity index (χ0) is 14.0. The molecule has 1 aromatic heterocycles. The number of rotatable bonds is 3. The van der Waals surface area contributed by atoms with Crippen molar-refractivity contribution < 1.29 is 5.11 Å². The summed E-state index contributed by atoms with van der Waals surface area (Å²) in [5.41, 5.74) is 1.03. The minimum absolute atomic E-state index is 0.113. The topological polar surface area (TPSA) is 36.4 Å². The minimum atomic E-state index is -0.113. The van der Waals surface area contributed by atoms with Crippen LogP contribution >= 0.6 is 11.6 Å². The Morgan fingerprint density at radius 2 is 2.00 bits per heavy atom. The normalized spacial score (nSPS) is 19.4. The van der Waals surface area contributed by atoms with E-state index in [1.807, 2.05) is 12.1 Å². The largest absolute Gasteiger partial charge is 0.390 e. The predicted molar refractivity (Wildman–Crippen MR) is 79.6 cm³/mol. The van der Waals surface area contributed by atoms with Crippen molar-refractivity contribution in [2.75, 3.05) is 11.9 Å². The van der Waals surface area contributed by atoms with Gasteiger partial charge in [0.15, 0.2) is 0 Å². The van der Waals surface area contributed by atoms with Crippen molar-refractivity contribution in [3.63, 3.8) is 0 Å². The van der Waals surface area contributed by atoms with Crippen molar-refractivity contribution in [3.05, 3.63) is 22.8 Å². The van der Waals surface area contributed by atoms with E-state index < -0.39 is 0 Å². The van der Waals surface area contributed by atoms with E-state index in [0.29, 0.717) is 22.2 Å². The SMILES string of the molecule is CN(c1ccc(Cl)c(CO)n1)C1CCC(C)(C)CC1. The molecule has 1 aromatic rings. The first kappa shape index (κ1) is 14.6. The first-order valence-electron chi connectivity index (χ1n) is 6.92.